The molecule has 0 aliphatic carbocycles. The van der Waals surface area contributed by atoms with E-state index in [1.807, 2.05) is 45.9 Å². The Labute approximate surface area is 131 Å². The first-order valence-corrected chi connectivity index (χ1v) is 9.75. The van der Waals surface area contributed by atoms with E-state index in [2.05, 4.69) is 21.2 Å². The second-order valence-corrected chi connectivity index (χ2v) is 8.33. The molecule has 2 nitrogen and oxygen atoms in total. The van der Waals surface area contributed by atoms with Crippen LogP contribution in [0.15, 0.2) is 28.7 Å². The molecule has 1 aliphatic heterocycles. The molecular weight excluding hydrogens is 342 g/mol. The fourth-order valence-electron chi connectivity index (χ4n) is 1.98. The zero-order valence-electron chi connectivity index (χ0n) is 10.7. The minimum Gasteiger partial charge on any atom is -0.326 e. The van der Waals surface area contributed by atoms with Crippen molar-refractivity contribution in [1.82, 2.24) is 0 Å². The Hall–Kier alpha value is -0.130. The van der Waals surface area contributed by atoms with E-state index in [1.165, 1.54) is 18.6 Å². The second kappa shape index (κ2) is 8.22. The van der Waals surface area contributed by atoms with Crippen LogP contribution in [0.1, 0.15) is 32.1 Å². The van der Waals surface area contributed by atoms with Crippen molar-refractivity contribution in [3.63, 3.8) is 0 Å². The van der Waals surface area contributed by atoms with E-state index < -0.39 is 0 Å². The number of benzene rings is 1. The number of carbonyl (C=O) groups is 1. The molecule has 1 aromatic carbocycles. The van der Waals surface area contributed by atoms with Crippen LogP contribution in [0.2, 0.25) is 0 Å². The Balaban J connectivity index is 1.60. The number of nitrogens with one attached hydrogen (secondary N) is 1. The summed E-state index contributed by atoms with van der Waals surface area (Å²) in [6, 6.07) is 7.69. The fraction of sp³-hybridized carbons (Fsp3) is 0.500. The molecule has 0 radical (unpaired) electrons. The summed E-state index contributed by atoms with van der Waals surface area (Å²) in [6.45, 7) is 0. The van der Waals surface area contributed by atoms with E-state index >= 15 is 0 Å². The topological polar surface area (TPSA) is 29.1 Å². The summed E-state index contributed by atoms with van der Waals surface area (Å²) >= 11 is 3.38. The highest BCUT2D eigenvalue weighted by Gasteiger charge is 2.15. The first kappa shape index (κ1) is 15.3. The Kier molecular flexibility index (Phi) is 6.61. The van der Waals surface area contributed by atoms with Crippen LogP contribution < -0.4 is 5.32 Å². The van der Waals surface area contributed by atoms with Gasteiger partial charge in [-0.05, 0) is 43.5 Å². The molecule has 1 atom stereocenters. The van der Waals surface area contributed by atoms with Gasteiger partial charge in [-0.1, -0.05) is 43.9 Å². The highest BCUT2D eigenvalue weighted by Crippen LogP contribution is 2.39. The smallest absolute Gasteiger partial charge is 0.224 e. The average Bonchev–Trinajstić information content (AvgIpc) is 2.91. The Morgan fingerprint density at radius 2 is 2.11 bits per heavy atom. The van der Waals surface area contributed by atoms with Crippen LogP contribution in [0, 0.1) is 0 Å². The summed E-state index contributed by atoms with van der Waals surface area (Å²) in [5.74, 6) is 1.41. The van der Waals surface area contributed by atoms with E-state index in [1.54, 1.807) is 0 Å². The molecule has 0 aromatic heterocycles. The van der Waals surface area contributed by atoms with Crippen LogP contribution >= 0.6 is 37.5 Å². The van der Waals surface area contributed by atoms with Gasteiger partial charge in [-0.15, -0.1) is 0 Å². The normalized spacial score (nSPS) is 18.5. The molecule has 1 fully saturated rings. The van der Waals surface area contributed by atoms with E-state index in [9.17, 15) is 4.79 Å². The molecule has 104 valence electrons. The molecule has 1 heterocycles. The van der Waals surface area contributed by atoms with Crippen molar-refractivity contribution in [2.24, 2.45) is 0 Å². The van der Waals surface area contributed by atoms with Gasteiger partial charge in [0, 0.05) is 27.6 Å². The number of unbranched alkanes of at least 4 members (excludes halogenated alkanes) is 1. The second-order valence-electron chi connectivity index (χ2n) is 4.63. The van der Waals surface area contributed by atoms with Crippen molar-refractivity contribution in [2.45, 2.75) is 37.4 Å². The molecule has 5 heteroatoms. The molecule has 1 aliphatic rings. The summed E-state index contributed by atoms with van der Waals surface area (Å²) in [6.07, 6.45) is 5.36. The summed E-state index contributed by atoms with van der Waals surface area (Å²) in [4.78, 5) is 11.8. The van der Waals surface area contributed by atoms with Gasteiger partial charge in [0.2, 0.25) is 5.91 Å². The molecule has 1 N–H and O–H groups in total. The van der Waals surface area contributed by atoms with Crippen molar-refractivity contribution in [3.05, 3.63) is 28.7 Å². The maximum Gasteiger partial charge on any atom is 0.224 e. The van der Waals surface area contributed by atoms with E-state index in [-0.39, 0.29) is 5.91 Å². The van der Waals surface area contributed by atoms with Crippen LogP contribution in [0.3, 0.4) is 0 Å². The predicted molar refractivity (Wildman–Crippen MR) is 89.7 cm³/mol. The molecular formula is C14H18BrNOS2. The third-order valence-electron chi connectivity index (χ3n) is 3.04. The lowest BCUT2D eigenvalue weighted by molar-refractivity contribution is -0.116. The van der Waals surface area contributed by atoms with E-state index in [0.717, 1.165) is 28.3 Å². The first-order chi connectivity index (χ1) is 9.24. The molecule has 0 bridgehead atoms. The molecule has 1 unspecified atom stereocenters. The molecule has 19 heavy (non-hydrogen) atoms. The summed E-state index contributed by atoms with van der Waals surface area (Å²) in [5.41, 5.74) is 0.871. The minimum absolute atomic E-state index is 0.121. The quantitative estimate of drug-likeness (QED) is 0.565. The predicted octanol–water partition coefficient (Wildman–Crippen LogP) is 5.10. The lowest BCUT2D eigenvalue weighted by Gasteiger charge is -2.07. The number of amides is 1. The number of rotatable bonds is 6. The van der Waals surface area contributed by atoms with Gasteiger partial charge in [0.1, 0.15) is 0 Å². The zero-order valence-corrected chi connectivity index (χ0v) is 14.0. The summed E-state index contributed by atoms with van der Waals surface area (Å²) in [5, 5.41) is 3.75. The van der Waals surface area contributed by atoms with Gasteiger partial charge >= 0.3 is 0 Å². The van der Waals surface area contributed by atoms with Crippen LogP contribution in [-0.4, -0.2) is 16.9 Å². The average molecular weight is 360 g/mol. The number of hydrogen-bond donors (Lipinski definition) is 1. The zero-order chi connectivity index (χ0) is 13.5. The van der Waals surface area contributed by atoms with Gasteiger partial charge in [-0.2, -0.15) is 0 Å². The largest absolute Gasteiger partial charge is 0.326 e. The number of anilines is 1. The SMILES string of the molecule is O=C(CCCCC1CCSS1)Nc1ccc(Br)cc1. The van der Waals surface area contributed by atoms with Crippen molar-refractivity contribution < 1.29 is 4.79 Å². The molecule has 2 rings (SSSR count). The molecule has 1 amide bonds. The van der Waals surface area contributed by atoms with Crippen molar-refractivity contribution in [1.29, 1.82) is 0 Å². The lowest BCUT2D eigenvalue weighted by atomic mass is 10.1. The van der Waals surface area contributed by atoms with Crippen LogP contribution in [-0.2, 0) is 4.79 Å². The van der Waals surface area contributed by atoms with Crippen LogP contribution in [0.25, 0.3) is 0 Å². The third-order valence-corrected chi connectivity index (χ3v) is 6.57. The standard InChI is InChI=1S/C14H18BrNOS2/c15-11-5-7-12(8-6-11)16-14(17)4-2-1-3-13-9-10-18-19-13/h5-8,13H,1-4,9-10H2,(H,16,17). The van der Waals surface area contributed by atoms with Crippen LogP contribution in [0.4, 0.5) is 5.69 Å². The lowest BCUT2D eigenvalue weighted by Crippen LogP contribution is -2.11. The fourth-order valence-corrected chi connectivity index (χ4v) is 5.27. The van der Waals surface area contributed by atoms with Gasteiger partial charge in [0.05, 0.1) is 0 Å². The summed E-state index contributed by atoms with van der Waals surface area (Å²) in [7, 11) is 4.00. The van der Waals surface area contributed by atoms with Crippen molar-refractivity contribution in [2.75, 3.05) is 11.1 Å². The molecule has 0 spiro atoms. The third kappa shape index (κ3) is 5.79. The maximum absolute atomic E-state index is 11.8. The Morgan fingerprint density at radius 3 is 2.79 bits per heavy atom. The molecule has 1 saturated heterocycles. The van der Waals surface area contributed by atoms with Crippen molar-refractivity contribution in [3.8, 4) is 0 Å². The van der Waals surface area contributed by atoms with E-state index in [0.29, 0.717) is 6.42 Å². The van der Waals surface area contributed by atoms with Gasteiger partial charge in [0.15, 0.2) is 0 Å². The maximum atomic E-state index is 11.8. The summed E-state index contributed by atoms with van der Waals surface area (Å²) < 4.78 is 1.03. The number of carbonyl (C=O) groups excluding carboxylic acids is 1. The van der Waals surface area contributed by atoms with Gasteiger partial charge in [-0.25, -0.2) is 0 Å². The number of hydrogen-bond acceptors (Lipinski definition) is 3. The van der Waals surface area contributed by atoms with Crippen LogP contribution in [0.5, 0.6) is 0 Å². The van der Waals surface area contributed by atoms with Crippen molar-refractivity contribution >= 4 is 49.1 Å². The van der Waals surface area contributed by atoms with Gasteiger partial charge in [0.25, 0.3) is 0 Å². The Morgan fingerprint density at radius 1 is 1.32 bits per heavy atom. The molecule has 0 saturated carbocycles. The minimum atomic E-state index is 0.121. The Bertz CT molecular complexity index is 404. The first-order valence-electron chi connectivity index (χ1n) is 6.58. The van der Waals surface area contributed by atoms with Gasteiger partial charge < -0.3 is 5.32 Å². The molecule has 1 aromatic rings. The van der Waals surface area contributed by atoms with E-state index in [4.69, 9.17) is 0 Å². The number of halogens is 1. The highest BCUT2D eigenvalue weighted by atomic mass is 79.9. The monoisotopic (exact) mass is 359 g/mol. The highest BCUT2D eigenvalue weighted by molar-refractivity contribution is 9.10. The van der Waals surface area contributed by atoms with Gasteiger partial charge in [-0.3, -0.25) is 4.79 Å².